The van der Waals surface area contributed by atoms with Crippen molar-refractivity contribution in [1.29, 1.82) is 5.41 Å². The van der Waals surface area contributed by atoms with Crippen LogP contribution in [0.1, 0.15) is 29.5 Å². The van der Waals surface area contributed by atoms with Gasteiger partial charge in [-0.15, -0.1) is 0 Å². The van der Waals surface area contributed by atoms with Crippen molar-refractivity contribution in [1.82, 2.24) is 9.80 Å². The average Bonchev–Trinajstić information content (AvgIpc) is 3.12. The second-order valence-corrected chi connectivity index (χ2v) is 9.52. The number of hydrogen-bond acceptors (Lipinski definition) is 6. The third kappa shape index (κ3) is 7.55. The van der Waals surface area contributed by atoms with Gasteiger partial charge in [0.1, 0.15) is 0 Å². The first-order valence-corrected chi connectivity index (χ1v) is 13.0. The van der Waals surface area contributed by atoms with E-state index in [0.717, 1.165) is 35.0 Å². The minimum Gasteiger partial charge on any atom is -0.435 e. The lowest BCUT2D eigenvalue weighted by Gasteiger charge is -2.37. The Morgan fingerprint density at radius 2 is 1.95 bits per heavy atom. The number of carbonyl (C=O) groups excluding carboxylic acids is 3. The molecule has 2 aliphatic heterocycles. The van der Waals surface area contributed by atoms with E-state index in [1.165, 1.54) is 0 Å². The van der Waals surface area contributed by atoms with E-state index in [-0.39, 0.29) is 18.5 Å². The number of ether oxygens (including phenoxy) is 1. The zero-order valence-electron chi connectivity index (χ0n) is 22.2. The van der Waals surface area contributed by atoms with E-state index in [4.69, 9.17) is 10.1 Å². The molecule has 2 N–H and O–H groups in total. The Labute approximate surface area is 232 Å². The van der Waals surface area contributed by atoms with E-state index in [0.29, 0.717) is 32.5 Å². The number of benzene rings is 2. The zero-order chi connectivity index (χ0) is 28.3. The van der Waals surface area contributed by atoms with Crippen molar-refractivity contribution in [2.24, 2.45) is 9.98 Å². The molecule has 204 valence electrons. The molecular formula is C30H30N6O4. The van der Waals surface area contributed by atoms with Gasteiger partial charge in [-0.2, -0.15) is 9.98 Å². The highest BCUT2D eigenvalue weighted by Crippen LogP contribution is 2.25. The van der Waals surface area contributed by atoms with Crippen molar-refractivity contribution in [3.05, 3.63) is 77.2 Å². The van der Waals surface area contributed by atoms with Gasteiger partial charge < -0.3 is 19.9 Å². The Bertz CT molecular complexity index is 1450. The summed E-state index contributed by atoms with van der Waals surface area (Å²) in [6.45, 7) is 3.34. The number of rotatable bonds is 6. The number of piperidine rings is 1. The molecule has 2 aromatic rings. The summed E-state index contributed by atoms with van der Waals surface area (Å²) >= 11 is 0. The summed E-state index contributed by atoms with van der Waals surface area (Å²) in [6, 6.07) is 15.2. The van der Waals surface area contributed by atoms with Crippen LogP contribution in [-0.2, 0) is 22.4 Å². The Morgan fingerprint density at radius 1 is 1.15 bits per heavy atom. The van der Waals surface area contributed by atoms with E-state index < -0.39 is 18.1 Å². The quantitative estimate of drug-likeness (QED) is 0.427. The van der Waals surface area contributed by atoms with Crippen LogP contribution in [0.25, 0.3) is 0 Å². The van der Waals surface area contributed by atoms with Gasteiger partial charge in [0.25, 0.3) is 5.91 Å². The summed E-state index contributed by atoms with van der Waals surface area (Å²) in [5.74, 6) is 5.79. The van der Waals surface area contributed by atoms with Gasteiger partial charge in [0.15, 0.2) is 6.10 Å². The van der Waals surface area contributed by atoms with Crippen molar-refractivity contribution in [2.75, 3.05) is 25.0 Å². The highest BCUT2D eigenvalue weighted by Gasteiger charge is 2.33. The minimum atomic E-state index is -1.16. The summed E-state index contributed by atoms with van der Waals surface area (Å²) in [6.07, 6.45) is 1.47. The van der Waals surface area contributed by atoms with Gasteiger partial charge in [0, 0.05) is 43.7 Å². The summed E-state index contributed by atoms with van der Waals surface area (Å²) in [4.78, 5) is 49.5. The minimum absolute atomic E-state index is 0.00587. The topological polar surface area (TPSA) is 128 Å². The van der Waals surface area contributed by atoms with E-state index >= 15 is 0 Å². The molecule has 2 aromatic carbocycles. The number of amides is 4. The normalized spacial score (nSPS) is 15.5. The third-order valence-electron chi connectivity index (χ3n) is 6.81. The van der Waals surface area contributed by atoms with E-state index in [2.05, 4.69) is 32.8 Å². The van der Waals surface area contributed by atoms with Gasteiger partial charge in [-0.05, 0) is 49.1 Å². The fourth-order valence-corrected chi connectivity index (χ4v) is 4.80. The molecule has 2 aliphatic rings. The number of fused-ring (bicyclic) bond motifs is 1. The Morgan fingerprint density at radius 3 is 2.73 bits per heavy atom. The van der Waals surface area contributed by atoms with Crippen LogP contribution >= 0.6 is 0 Å². The number of anilines is 1. The molecule has 0 aromatic heterocycles. The number of nitrogens with zero attached hydrogens (tertiary/aromatic N) is 4. The van der Waals surface area contributed by atoms with Crippen LogP contribution in [0.2, 0.25) is 0 Å². The van der Waals surface area contributed by atoms with Gasteiger partial charge in [0.2, 0.25) is 0 Å². The van der Waals surface area contributed by atoms with Crippen LogP contribution in [0.15, 0.2) is 70.4 Å². The molecule has 0 radical (unpaired) electrons. The first kappa shape index (κ1) is 28.1. The average molecular weight is 539 g/mol. The van der Waals surface area contributed by atoms with E-state index in [9.17, 15) is 14.4 Å². The van der Waals surface area contributed by atoms with Crippen molar-refractivity contribution in [3.8, 4) is 0 Å². The second-order valence-electron chi connectivity index (χ2n) is 9.52. The lowest BCUT2D eigenvalue weighted by Crippen LogP contribution is -2.50. The van der Waals surface area contributed by atoms with Gasteiger partial charge in [-0.25, -0.2) is 9.59 Å². The molecule has 0 aliphatic carbocycles. The summed E-state index contributed by atoms with van der Waals surface area (Å²) in [7, 11) is 0. The zero-order valence-corrected chi connectivity index (χ0v) is 22.2. The predicted octanol–water partition coefficient (Wildman–Crippen LogP) is 3.94. The highest BCUT2D eigenvalue weighted by molar-refractivity contribution is 5.97. The summed E-state index contributed by atoms with van der Waals surface area (Å²) in [5, 5.41) is 9.73. The number of aliphatic imine (C=N–C) groups is 2. The Balaban J connectivity index is 1.39. The molecule has 4 rings (SSSR count). The third-order valence-corrected chi connectivity index (χ3v) is 6.81. The number of likely N-dealkylation sites (tertiary alicyclic amines) is 1. The van der Waals surface area contributed by atoms with Crippen molar-refractivity contribution >= 4 is 41.3 Å². The van der Waals surface area contributed by atoms with Crippen molar-refractivity contribution < 1.29 is 19.1 Å². The Kier molecular flexibility index (Phi) is 9.62. The van der Waals surface area contributed by atoms with Gasteiger partial charge in [-0.1, -0.05) is 48.0 Å². The number of aryl methyl sites for hydroxylation is 1. The number of urea groups is 1. The molecule has 10 nitrogen and oxygen atoms in total. The molecule has 0 bridgehead atoms. The molecule has 40 heavy (non-hydrogen) atoms. The van der Waals surface area contributed by atoms with Gasteiger partial charge in [0.05, 0.1) is 17.9 Å². The van der Waals surface area contributed by atoms with E-state index in [1.54, 1.807) is 4.90 Å². The van der Waals surface area contributed by atoms with Crippen molar-refractivity contribution in [3.63, 3.8) is 0 Å². The van der Waals surface area contributed by atoms with Crippen LogP contribution in [-0.4, -0.2) is 77.2 Å². The number of nitrogens with one attached hydrogen (secondary N) is 2. The van der Waals surface area contributed by atoms with E-state index in [1.807, 2.05) is 66.2 Å². The second kappa shape index (κ2) is 13.7. The largest absolute Gasteiger partial charge is 0.435 e. The molecule has 1 saturated heterocycles. The van der Waals surface area contributed by atoms with Crippen LogP contribution in [0.3, 0.4) is 0 Å². The molecule has 10 heteroatoms. The smallest absolute Gasteiger partial charge is 0.410 e. The molecule has 0 saturated carbocycles. The standard InChI is InChI=1S/C30H30N6O4/c1-22-6-4-7-23(20-22)21-27(28(37)33-16-15-32-14-5-13-31)40-30(39)35-17-11-25(12-18-35)36-19-10-24-8-2-3-9-26(24)34-29(36)38/h2-4,6-9,14,20,25,27,31H,10-12,17-19,21H2,1H3,(H,34,38)/t27-/m1/s1. The van der Waals surface area contributed by atoms with Gasteiger partial charge in [-0.3, -0.25) is 10.2 Å². The van der Waals surface area contributed by atoms with Crippen LogP contribution in [0, 0.1) is 12.3 Å². The monoisotopic (exact) mass is 538 g/mol. The molecular weight excluding hydrogens is 508 g/mol. The molecule has 0 spiro atoms. The maximum Gasteiger partial charge on any atom is 0.410 e. The lowest BCUT2D eigenvalue weighted by atomic mass is 10.0. The number of hydrogen-bond donors (Lipinski definition) is 2. The van der Waals surface area contributed by atoms with Gasteiger partial charge >= 0.3 is 12.1 Å². The SMILES string of the molecule is Cc1cccc(C[C@@H](OC(=O)N2CCC(N3CCc4ccccc4NC3=O)CC2)C(=O)N=C=C=NC=C=C=N)c1. The molecule has 1 atom stereocenters. The number of carbonyl (C=O) groups is 3. The molecule has 1 fully saturated rings. The highest BCUT2D eigenvalue weighted by atomic mass is 16.6. The van der Waals surface area contributed by atoms with Crippen LogP contribution in [0.5, 0.6) is 0 Å². The van der Waals surface area contributed by atoms with Crippen LogP contribution in [0.4, 0.5) is 15.3 Å². The maximum absolute atomic E-state index is 13.1. The molecule has 2 heterocycles. The maximum atomic E-state index is 13.1. The fourth-order valence-electron chi connectivity index (χ4n) is 4.80. The first-order valence-electron chi connectivity index (χ1n) is 13.0. The molecule has 0 unspecified atom stereocenters. The molecule has 4 amide bonds. The summed E-state index contributed by atoms with van der Waals surface area (Å²) in [5.41, 5.74) is 6.07. The number of para-hydroxylation sites is 1. The van der Waals surface area contributed by atoms with Crippen molar-refractivity contribution in [2.45, 2.75) is 44.8 Å². The first-order chi connectivity index (χ1) is 19.4. The summed E-state index contributed by atoms with van der Waals surface area (Å²) < 4.78 is 5.65. The Hall–Kier alpha value is -4.96. The fraction of sp³-hybridized carbons (Fsp3) is 0.333. The lowest BCUT2D eigenvalue weighted by molar-refractivity contribution is -0.126. The van der Waals surface area contributed by atoms with Crippen LogP contribution < -0.4 is 5.32 Å². The predicted molar refractivity (Wildman–Crippen MR) is 151 cm³/mol.